The molecule has 0 unspecified atom stereocenters. The molecule has 1 aromatic heterocycles. The van der Waals surface area contributed by atoms with E-state index in [1.165, 1.54) is 122 Å². The van der Waals surface area contributed by atoms with E-state index in [0.29, 0.717) is 6.04 Å². The van der Waals surface area contributed by atoms with Crippen molar-refractivity contribution in [2.24, 2.45) is 0 Å². The first-order valence-electron chi connectivity index (χ1n) is 13.3. The highest BCUT2D eigenvalue weighted by Gasteiger charge is 2.18. The van der Waals surface area contributed by atoms with E-state index >= 15 is 0 Å². The second-order valence-corrected chi connectivity index (χ2v) is 9.46. The SMILES string of the molecule is CCCCCCCCCCCCc1n(C(C)C)cc[n+]1CCCCCCCCC. The monoisotopic (exact) mass is 405 g/mol. The number of imidazole rings is 1. The molecule has 0 atom stereocenters. The van der Waals surface area contributed by atoms with E-state index in [1.807, 2.05) is 0 Å². The first-order chi connectivity index (χ1) is 14.2. The summed E-state index contributed by atoms with van der Waals surface area (Å²) in [6, 6.07) is 0.573. The van der Waals surface area contributed by atoms with Gasteiger partial charge in [0.05, 0.1) is 12.6 Å². The molecule has 0 saturated carbocycles. The third-order valence-electron chi connectivity index (χ3n) is 6.35. The molecule has 2 nitrogen and oxygen atoms in total. The van der Waals surface area contributed by atoms with Crippen molar-refractivity contribution in [2.75, 3.05) is 0 Å². The molecule has 0 amide bonds. The molecule has 1 rings (SSSR count). The van der Waals surface area contributed by atoms with E-state index in [9.17, 15) is 0 Å². The zero-order valence-electron chi connectivity index (χ0n) is 20.6. The Morgan fingerprint density at radius 2 is 1.10 bits per heavy atom. The molecule has 0 radical (unpaired) electrons. The lowest BCUT2D eigenvalue weighted by Gasteiger charge is -2.08. The molecule has 29 heavy (non-hydrogen) atoms. The highest BCUT2D eigenvalue weighted by atomic mass is 15.2. The Bertz CT molecular complexity index is 475. The minimum Gasteiger partial charge on any atom is -0.234 e. The molecular formula is C27H53N2+. The summed E-state index contributed by atoms with van der Waals surface area (Å²) in [4.78, 5) is 0. The van der Waals surface area contributed by atoms with Gasteiger partial charge < -0.3 is 0 Å². The lowest BCUT2D eigenvalue weighted by Crippen LogP contribution is -2.37. The summed E-state index contributed by atoms with van der Waals surface area (Å²) in [6.45, 7) is 10.4. The Morgan fingerprint density at radius 1 is 0.655 bits per heavy atom. The summed E-state index contributed by atoms with van der Waals surface area (Å²) < 4.78 is 5.06. The summed E-state index contributed by atoms with van der Waals surface area (Å²) >= 11 is 0. The maximum absolute atomic E-state index is 2.56. The standard InChI is InChI=1S/C27H53N2/c1-5-7-9-11-13-14-15-16-18-20-22-27-28(24-25-29(27)26(3)4)23-21-19-17-12-10-8-6-2/h24-26H,5-23H2,1-4H3/q+1. The van der Waals surface area contributed by atoms with Crippen molar-refractivity contribution in [1.29, 1.82) is 0 Å². The van der Waals surface area contributed by atoms with Gasteiger partial charge in [-0.25, -0.2) is 9.13 Å². The third-order valence-corrected chi connectivity index (χ3v) is 6.35. The fraction of sp³-hybridized carbons (Fsp3) is 0.889. The van der Waals surface area contributed by atoms with E-state index in [0.717, 1.165) is 0 Å². The van der Waals surface area contributed by atoms with Gasteiger partial charge in [-0.05, 0) is 33.1 Å². The van der Waals surface area contributed by atoms with E-state index in [4.69, 9.17) is 0 Å². The molecule has 1 heterocycles. The van der Waals surface area contributed by atoms with Gasteiger partial charge in [0.25, 0.3) is 5.82 Å². The fourth-order valence-corrected chi connectivity index (χ4v) is 4.43. The van der Waals surface area contributed by atoms with Crippen LogP contribution in [0.3, 0.4) is 0 Å². The van der Waals surface area contributed by atoms with E-state index < -0.39 is 0 Å². The molecule has 0 bridgehead atoms. The molecular weight excluding hydrogens is 352 g/mol. The van der Waals surface area contributed by atoms with Crippen molar-refractivity contribution in [1.82, 2.24) is 4.57 Å². The van der Waals surface area contributed by atoms with Crippen molar-refractivity contribution in [3.05, 3.63) is 18.2 Å². The summed E-state index contributed by atoms with van der Waals surface area (Å²) in [6.07, 6.45) is 29.9. The first kappa shape index (κ1) is 26.2. The summed E-state index contributed by atoms with van der Waals surface area (Å²) in [5, 5.41) is 0. The van der Waals surface area contributed by atoms with Gasteiger partial charge >= 0.3 is 0 Å². The maximum atomic E-state index is 2.56. The Morgan fingerprint density at radius 3 is 1.59 bits per heavy atom. The molecule has 0 saturated heterocycles. The van der Waals surface area contributed by atoms with Crippen LogP contribution in [0.1, 0.15) is 149 Å². The average Bonchev–Trinajstić information content (AvgIpc) is 3.11. The normalized spacial score (nSPS) is 11.6. The van der Waals surface area contributed by atoms with Crippen LogP contribution in [0.15, 0.2) is 12.4 Å². The molecule has 0 fully saturated rings. The zero-order valence-corrected chi connectivity index (χ0v) is 20.6. The van der Waals surface area contributed by atoms with Gasteiger partial charge in [0.2, 0.25) is 0 Å². The van der Waals surface area contributed by atoms with E-state index in [1.54, 1.807) is 5.82 Å². The van der Waals surface area contributed by atoms with Gasteiger partial charge in [-0.1, -0.05) is 104 Å². The lowest BCUT2D eigenvalue weighted by molar-refractivity contribution is -0.704. The number of hydrogen-bond acceptors (Lipinski definition) is 0. The largest absolute Gasteiger partial charge is 0.256 e. The fourth-order valence-electron chi connectivity index (χ4n) is 4.43. The predicted molar refractivity (Wildman–Crippen MR) is 129 cm³/mol. The van der Waals surface area contributed by atoms with Crippen molar-refractivity contribution in [2.45, 2.75) is 156 Å². The molecule has 170 valence electrons. The van der Waals surface area contributed by atoms with E-state index in [2.05, 4.69) is 49.2 Å². The van der Waals surface area contributed by atoms with Crippen LogP contribution < -0.4 is 4.57 Å². The molecule has 0 N–H and O–H groups in total. The average molecular weight is 406 g/mol. The van der Waals surface area contributed by atoms with Crippen LogP contribution in [-0.4, -0.2) is 4.57 Å². The number of aryl methyl sites for hydroxylation is 1. The second-order valence-electron chi connectivity index (χ2n) is 9.46. The maximum Gasteiger partial charge on any atom is 0.256 e. The molecule has 0 aliphatic carbocycles. The summed E-state index contributed by atoms with van der Waals surface area (Å²) in [7, 11) is 0. The predicted octanol–water partition coefficient (Wildman–Crippen LogP) is 8.57. The number of nitrogens with zero attached hydrogens (tertiary/aromatic N) is 2. The molecule has 0 aliphatic rings. The number of rotatable bonds is 20. The van der Waals surface area contributed by atoms with Crippen LogP contribution in [0.2, 0.25) is 0 Å². The van der Waals surface area contributed by atoms with Crippen molar-refractivity contribution < 1.29 is 4.57 Å². The molecule has 0 aromatic carbocycles. The molecule has 0 spiro atoms. The van der Waals surface area contributed by atoms with Crippen LogP contribution in [0.4, 0.5) is 0 Å². The van der Waals surface area contributed by atoms with Gasteiger partial charge in [0.1, 0.15) is 12.4 Å². The van der Waals surface area contributed by atoms with Crippen molar-refractivity contribution in [3.63, 3.8) is 0 Å². The van der Waals surface area contributed by atoms with Crippen molar-refractivity contribution >= 4 is 0 Å². The van der Waals surface area contributed by atoms with Gasteiger partial charge in [0.15, 0.2) is 0 Å². The topological polar surface area (TPSA) is 8.81 Å². The number of hydrogen-bond donors (Lipinski definition) is 0. The van der Waals surface area contributed by atoms with Gasteiger partial charge in [-0.15, -0.1) is 0 Å². The van der Waals surface area contributed by atoms with Crippen LogP contribution in [-0.2, 0) is 13.0 Å². The van der Waals surface area contributed by atoms with E-state index in [-0.39, 0.29) is 0 Å². The smallest absolute Gasteiger partial charge is 0.234 e. The first-order valence-corrected chi connectivity index (χ1v) is 13.3. The number of aromatic nitrogens is 2. The summed E-state index contributed by atoms with van der Waals surface area (Å²) in [5.74, 6) is 1.56. The molecule has 2 heteroatoms. The van der Waals surface area contributed by atoms with Gasteiger partial charge in [0, 0.05) is 6.42 Å². The minimum atomic E-state index is 0.573. The van der Waals surface area contributed by atoms with Crippen LogP contribution in [0, 0.1) is 0 Å². The van der Waals surface area contributed by atoms with Gasteiger partial charge in [-0.3, -0.25) is 0 Å². The minimum absolute atomic E-state index is 0.573. The van der Waals surface area contributed by atoms with Crippen LogP contribution in [0.25, 0.3) is 0 Å². The highest BCUT2D eigenvalue weighted by Crippen LogP contribution is 2.14. The zero-order chi connectivity index (χ0) is 21.2. The molecule has 1 aromatic rings. The Balaban J connectivity index is 2.24. The van der Waals surface area contributed by atoms with Crippen molar-refractivity contribution in [3.8, 4) is 0 Å². The number of unbranched alkanes of at least 4 members (excludes halogenated alkanes) is 15. The quantitative estimate of drug-likeness (QED) is 0.152. The lowest BCUT2D eigenvalue weighted by atomic mass is 10.1. The van der Waals surface area contributed by atoms with Crippen LogP contribution in [0.5, 0.6) is 0 Å². The molecule has 0 aliphatic heterocycles. The van der Waals surface area contributed by atoms with Gasteiger partial charge in [-0.2, -0.15) is 0 Å². The Hall–Kier alpha value is -0.790. The third kappa shape index (κ3) is 12.5. The Labute approximate surface area is 183 Å². The van der Waals surface area contributed by atoms with Crippen LogP contribution >= 0.6 is 0 Å². The second kappa shape index (κ2) is 18.0. The Kier molecular flexibility index (Phi) is 16.3. The highest BCUT2D eigenvalue weighted by molar-refractivity contribution is 4.86. The summed E-state index contributed by atoms with van der Waals surface area (Å²) in [5.41, 5.74) is 0.